The van der Waals surface area contributed by atoms with Crippen LogP contribution in [0.4, 0.5) is 0 Å². The van der Waals surface area contributed by atoms with Gasteiger partial charge in [-0.05, 0) is 36.8 Å². The van der Waals surface area contributed by atoms with Crippen molar-refractivity contribution in [2.75, 3.05) is 13.2 Å². The quantitative estimate of drug-likeness (QED) is 0.379. The number of rotatable bonds is 9. The smallest absolute Gasteiger partial charge is 0.162 e. The van der Waals surface area contributed by atoms with Gasteiger partial charge in [-0.3, -0.25) is 0 Å². The van der Waals surface area contributed by atoms with Crippen molar-refractivity contribution in [1.29, 1.82) is 0 Å². The Balaban J connectivity index is 2.17. The molecule has 0 saturated heterocycles. The minimum Gasteiger partial charge on any atom is -0.490 e. The summed E-state index contributed by atoms with van der Waals surface area (Å²) >= 11 is 15.7. The molecule has 3 nitrogen and oxygen atoms in total. The Labute approximate surface area is 167 Å². The van der Waals surface area contributed by atoms with E-state index in [0.29, 0.717) is 41.3 Å². The Bertz CT molecular complexity index is 738. The van der Waals surface area contributed by atoms with Crippen LogP contribution in [-0.4, -0.2) is 13.2 Å². The van der Waals surface area contributed by atoms with E-state index in [-0.39, 0.29) is 0 Å². The van der Waals surface area contributed by atoms with Gasteiger partial charge in [0.1, 0.15) is 6.61 Å². The van der Waals surface area contributed by atoms with Gasteiger partial charge in [0.15, 0.2) is 11.5 Å². The van der Waals surface area contributed by atoms with Crippen LogP contribution in [0.2, 0.25) is 10.0 Å². The number of benzene rings is 2. The van der Waals surface area contributed by atoms with E-state index in [2.05, 4.69) is 27.8 Å². The molecule has 0 radical (unpaired) electrons. The summed E-state index contributed by atoms with van der Waals surface area (Å²) in [5.74, 6) is 1.36. The van der Waals surface area contributed by atoms with Crippen LogP contribution in [0.1, 0.15) is 18.1 Å². The molecule has 0 amide bonds. The van der Waals surface area contributed by atoms with Crippen molar-refractivity contribution in [3.8, 4) is 11.5 Å². The lowest BCUT2D eigenvalue weighted by Gasteiger charge is -2.16. The highest BCUT2D eigenvalue weighted by Crippen LogP contribution is 2.35. The zero-order valence-corrected chi connectivity index (χ0v) is 17.0. The summed E-state index contributed by atoms with van der Waals surface area (Å²) in [6, 6.07) is 9.24. The molecular formula is C19H20BrCl2NO2. The van der Waals surface area contributed by atoms with E-state index in [0.717, 1.165) is 22.1 Å². The van der Waals surface area contributed by atoms with Crippen molar-refractivity contribution in [3.63, 3.8) is 0 Å². The third-order valence-corrected chi connectivity index (χ3v) is 4.74. The lowest BCUT2D eigenvalue weighted by atomic mass is 10.2. The first kappa shape index (κ1) is 20.1. The molecule has 0 aliphatic rings. The Morgan fingerprint density at radius 3 is 2.56 bits per heavy atom. The Morgan fingerprint density at radius 2 is 1.88 bits per heavy atom. The van der Waals surface area contributed by atoms with Gasteiger partial charge in [-0.1, -0.05) is 51.3 Å². The van der Waals surface area contributed by atoms with Gasteiger partial charge in [-0.15, -0.1) is 6.58 Å². The van der Waals surface area contributed by atoms with Crippen LogP contribution in [-0.2, 0) is 13.2 Å². The predicted molar refractivity (Wildman–Crippen MR) is 108 cm³/mol. The summed E-state index contributed by atoms with van der Waals surface area (Å²) < 4.78 is 12.6. The fourth-order valence-corrected chi connectivity index (χ4v) is 3.12. The number of halogens is 3. The molecule has 0 unspecified atom stereocenters. The highest BCUT2D eigenvalue weighted by Gasteiger charge is 2.12. The Hall–Kier alpha value is -1.20. The first-order chi connectivity index (χ1) is 12.0. The molecule has 6 heteroatoms. The molecule has 1 N–H and O–H groups in total. The first-order valence-corrected chi connectivity index (χ1v) is 9.43. The summed E-state index contributed by atoms with van der Waals surface area (Å²) in [7, 11) is 0. The summed E-state index contributed by atoms with van der Waals surface area (Å²) in [5, 5.41) is 4.46. The standard InChI is InChI=1S/C19H20BrCl2NO2/c1-3-7-23-11-14-8-18(24-4-2)19(10-16(14)20)25-12-13-5-6-15(21)9-17(13)22/h3,5-6,8-10,23H,1,4,7,11-12H2,2H3. The largest absolute Gasteiger partial charge is 0.490 e. The van der Waals surface area contributed by atoms with Crippen molar-refractivity contribution in [2.45, 2.75) is 20.1 Å². The second kappa shape index (κ2) is 10.1. The molecule has 134 valence electrons. The molecule has 0 aliphatic heterocycles. The maximum absolute atomic E-state index is 6.20. The van der Waals surface area contributed by atoms with Crippen molar-refractivity contribution < 1.29 is 9.47 Å². The average Bonchev–Trinajstić information content (AvgIpc) is 2.57. The molecule has 25 heavy (non-hydrogen) atoms. The third-order valence-electron chi connectivity index (χ3n) is 3.42. The molecule has 0 saturated carbocycles. The van der Waals surface area contributed by atoms with Crippen LogP contribution in [0.15, 0.2) is 47.5 Å². The lowest BCUT2D eigenvalue weighted by molar-refractivity contribution is 0.269. The summed E-state index contributed by atoms with van der Waals surface area (Å²) in [4.78, 5) is 0. The molecule has 0 atom stereocenters. The van der Waals surface area contributed by atoms with Crippen molar-refractivity contribution >= 4 is 39.1 Å². The highest BCUT2D eigenvalue weighted by atomic mass is 79.9. The minimum atomic E-state index is 0.330. The van der Waals surface area contributed by atoms with E-state index >= 15 is 0 Å². The van der Waals surface area contributed by atoms with Gasteiger partial charge in [0, 0.05) is 33.2 Å². The van der Waals surface area contributed by atoms with E-state index in [1.807, 2.05) is 31.2 Å². The van der Waals surface area contributed by atoms with Crippen LogP contribution in [0.3, 0.4) is 0 Å². The molecule has 2 aromatic carbocycles. The molecule has 2 aromatic rings. The van der Waals surface area contributed by atoms with Gasteiger partial charge in [0.05, 0.1) is 6.61 Å². The van der Waals surface area contributed by atoms with Gasteiger partial charge in [-0.2, -0.15) is 0 Å². The SMILES string of the molecule is C=CCNCc1cc(OCC)c(OCc2ccc(Cl)cc2Cl)cc1Br. The fraction of sp³-hybridized carbons (Fsp3) is 0.263. The summed E-state index contributed by atoms with van der Waals surface area (Å²) in [5.41, 5.74) is 1.95. The zero-order valence-electron chi connectivity index (χ0n) is 14.0. The van der Waals surface area contributed by atoms with Crippen molar-refractivity contribution in [3.05, 3.63) is 68.6 Å². The van der Waals surface area contributed by atoms with Crippen LogP contribution in [0.25, 0.3) is 0 Å². The van der Waals surface area contributed by atoms with Crippen LogP contribution >= 0.6 is 39.1 Å². The molecule has 0 aromatic heterocycles. The first-order valence-electron chi connectivity index (χ1n) is 7.88. The van der Waals surface area contributed by atoms with Crippen LogP contribution in [0.5, 0.6) is 11.5 Å². The zero-order chi connectivity index (χ0) is 18.2. The van der Waals surface area contributed by atoms with E-state index in [9.17, 15) is 0 Å². The molecule has 0 spiro atoms. The number of hydrogen-bond donors (Lipinski definition) is 1. The molecule has 0 heterocycles. The van der Waals surface area contributed by atoms with E-state index in [4.69, 9.17) is 32.7 Å². The maximum atomic E-state index is 6.20. The lowest BCUT2D eigenvalue weighted by Crippen LogP contribution is -2.13. The van der Waals surface area contributed by atoms with E-state index in [1.165, 1.54) is 0 Å². The minimum absolute atomic E-state index is 0.330. The highest BCUT2D eigenvalue weighted by molar-refractivity contribution is 9.10. The number of hydrogen-bond acceptors (Lipinski definition) is 3. The molecule has 0 aliphatic carbocycles. The third kappa shape index (κ3) is 5.93. The topological polar surface area (TPSA) is 30.5 Å². The molecule has 0 fully saturated rings. The second-order valence-corrected chi connectivity index (χ2v) is 6.97. The number of nitrogens with one attached hydrogen (secondary N) is 1. The Kier molecular flexibility index (Phi) is 8.10. The predicted octanol–water partition coefficient (Wildman–Crippen LogP) is 6.01. The van der Waals surface area contributed by atoms with E-state index < -0.39 is 0 Å². The van der Waals surface area contributed by atoms with Crippen LogP contribution in [0, 0.1) is 0 Å². The molecule has 0 bridgehead atoms. The molecular weight excluding hydrogens is 425 g/mol. The Morgan fingerprint density at radius 1 is 1.12 bits per heavy atom. The fourth-order valence-electron chi connectivity index (χ4n) is 2.20. The van der Waals surface area contributed by atoms with Gasteiger partial charge >= 0.3 is 0 Å². The van der Waals surface area contributed by atoms with Crippen molar-refractivity contribution in [1.82, 2.24) is 5.32 Å². The normalized spacial score (nSPS) is 10.6. The van der Waals surface area contributed by atoms with Gasteiger partial charge in [-0.25, -0.2) is 0 Å². The van der Waals surface area contributed by atoms with Crippen LogP contribution < -0.4 is 14.8 Å². The molecule has 2 rings (SSSR count). The monoisotopic (exact) mass is 443 g/mol. The summed E-state index contributed by atoms with van der Waals surface area (Å²) in [6.45, 7) is 7.97. The number of ether oxygens (including phenoxy) is 2. The summed E-state index contributed by atoms with van der Waals surface area (Å²) in [6.07, 6.45) is 1.82. The van der Waals surface area contributed by atoms with Gasteiger partial charge in [0.2, 0.25) is 0 Å². The van der Waals surface area contributed by atoms with Crippen molar-refractivity contribution in [2.24, 2.45) is 0 Å². The second-order valence-electron chi connectivity index (χ2n) is 5.27. The average molecular weight is 445 g/mol. The maximum Gasteiger partial charge on any atom is 0.162 e. The van der Waals surface area contributed by atoms with Gasteiger partial charge in [0.25, 0.3) is 0 Å². The van der Waals surface area contributed by atoms with Gasteiger partial charge < -0.3 is 14.8 Å². The van der Waals surface area contributed by atoms with E-state index in [1.54, 1.807) is 12.1 Å².